The predicted octanol–water partition coefficient (Wildman–Crippen LogP) is 3.36. The Morgan fingerprint density at radius 3 is 2.52 bits per heavy atom. The summed E-state index contributed by atoms with van der Waals surface area (Å²) >= 11 is 0. The number of amides is 1. The van der Waals surface area contributed by atoms with E-state index in [-0.39, 0.29) is 5.56 Å². The number of benzene rings is 1. The molecule has 3 rings (SSSR count). The van der Waals surface area contributed by atoms with Crippen molar-refractivity contribution in [1.29, 1.82) is 0 Å². The van der Waals surface area contributed by atoms with E-state index >= 15 is 0 Å². The number of halogens is 3. The van der Waals surface area contributed by atoms with Gasteiger partial charge < -0.3 is 5.32 Å². The summed E-state index contributed by atoms with van der Waals surface area (Å²) in [7, 11) is 0. The van der Waals surface area contributed by atoms with Gasteiger partial charge in [-0.05, 0) is 31.2 Å². The number of rotatable bonds is 4. The summed E-state index contributed by atoms with van der Waals surface area (Å²) in [6.07, 6.45) is 0.120. The monoisotopic (exact) mass is 349 g/mol. The second-order valence-corrected chi connectivity index (χ2v) is 5.23. The number of hydrogen-bond donors (Lipinski definition) is 1. The van der Waals surface area contributed by atoms with E-state index in [9.17, 15) is 18.0 Å². The summed E-state index contributed by atoms with van der Waals surface area (Å²) in [6.45, 7) is 2.61. The Balaban J connectivity index is 1.74. The lowest BCUT2D eigenvalue weighted by molar-refractivity contribution is -0.137. The zero-order valence-electron chi connectivity index (χ0n) is 13.2. The van der Waals surface area contributed by atoms with E-state index in [1.54, 1.807) is 16.9 Å². The number of hydrogen-bond acceptors (Lipinski definition) is 3. The van der Waals surface area contributed by atoms with Crippen molar-refractivity contribution in [3.63, 3.8) is 0 Å². The van der Waals surface area contributed by atoms with Crippen LogP contribution in [0.5, 0.6) is 0 Å². The lowest BCUT2D eigenvalue weighted by atomic mass is 10.2. The van der Waals surface area contributed by atoms with Crippen molar-refractivity contribution in [1.82, 2.24) is 19.6 Å². The molecule has 0 bridgehead atoms. The number of nitrogens with zero attached hydrogens (tertiary/aromatic N) is 4. The molecule has 130 valence electrons. The number of nitrogens with one attached hydrogen (secondary N) is 1. The zero-order chi connectivity index (χ0) is 18.0. The maximum Gasteiger partial charge on any atom is 0.416 e. The minimum Gasteiger partial charge on any atom is -0.305 e. The first-order valence-corrected chi connectivity index (χ1v) is 7.44. The number of aryl methyl sites for hydroxylation is 1. The number of carbonyl (C=O) groups excluding carboxylic acids is 1. The highest BCUT2D eigenvalue weighted by atomic mass is 19.4. The molecule has 6 nitrogen and oxygen atoms in total. The van der Waals surface area contributed by atoms with Crippen molar-refractivity contribution in [2.75, 3.05) is 5.32 Å². The first-order chi connectivity index (χ1) is 11.9. The van der Waals surface area contributed by atoms with Gasteiger partial charge in [0.1, 0.15) is 0 Å². The highest BCUT2D eigenvalue weighted by Crippen LogP contribution is 2.29. The Hall–Kier alpha value is -3.10. The van der Waals surface area contributed by atoms with Crippen LogP contribution in [0.2, 0.25) is 0 Å². The largest absolute Gasteiger partial charge is 0.416 e. The Bertz CT molecular complexity index is 880. The van der Waals surface area contributed by atoms with Gasteiger partial charge in [0, 0.05) is 25.0 Å². The van der Waals surface area contributed by atoms with Crippen LogP contribution in [0.15, 0.2) is 48.9 Å². The fraction of sp³-hybridized carbons (Fsp3) is 0.188. The molecule has 2 heterocycles. The molecule has 0 unspecified atom stereocenters. The fourth-order valence-corrected chi connectivity index (χ4v) is 2.18. The second-order valence-electron chi connectivity index (χ2n) is 5.23. The van der Waals surface area contributed by atoms with Crippen molar-refractivity contribution in [2.45, 2.75) is 19.6 Å². The first-order valence-electron chi connectivity index (χ1n) is 7.44. The fourth-order valence-electron chi connectivity index (χ4n) is 2.18. The third-order valence-corrected chi connectivity index (χ3v) is 3.51. The summed E-state index contributed by atoms with van der Waals surface area (Å²) in [6, 6.07) is 6.19. The van der Waals surface area contributed by atoms with Crippen molar-refractivity contribution < 1.29 is 18.0 Å². The lowest BCUT2D eigenvalue weighted by Crippen LogP contribution is -2.12. The van der Waals surface area contributed by atoms with Gasteiger partial charge in [-0.2, -0.15) is 23.4 Å². The predicted molar refractivity (Wildman–Crippen MR) is 84.4 cm³/mol. The highest BCUT2D eigenvalue weighted by molar-refractivity contribution is 6.03. The molecule has 0 radical (unpaired) electrons. The minimum absolute atomic E-state index is 0.269. The molecule has 9 heteroatoms. The Morgan fingerprint density at radius 2 is 1.92 bits per heavy atom. The first kappa shape index (κ1) is 16.7. The molecule has 0 atom stereocenters. The quantitative estimate of drug-likeness (QED) is 0.785. The van der Waals surface area contributed by atoms with Crippen LogP contribution in [0.1, 0.15) is 22.8 Å². The van der Waals surface area contributed by atoms with Crippen molar-refractivity contribution in [2.24, 2.45) is 0 Å². The van der Waals surface area contributed by atoms with Crippen LogP contribution in [0.3, 0.4) is 0 Å². The van der Waals surface area contributed by atoms with E-state index in [2.05, 4.69) is 15.5 Å². The van der Waals surface area contributed by atoms with E-state index in [1.807, 2.05) is 6.92 Å². The van der Waals surface area contributed by atoms with Gasteiger partial charge in [-0.1, -0.05) is 0 Å². The highest BCUT2D eigenvalue weighted by Gasteiger charge is 2.30. The molecule has 3 aromatic rings. The lowest BCUT2D eigenvalue weighted by Gasteiger charge is -2.07. The van der Waals surface area contributed by atoms with E-state index in [0.29, 0.717) is 18.1 Å². The van der Waals surface area contributed by atoms with Gasteiger partial charge >= 0.3 is 6.18 Å². The SMILES string of the molecule is CCn1ccc(NC(=O)c2cnn(-c3ccc(C(F)(F)F)cc3)c2)n1. The molecule has 1 N–H and O–H groups in total. The van der Waals surface area contributed by atoms with Gasteiger partial charge in [-0.15, -0.1) is 0 Å². The zero-order valence-corrected chi connectivity index (χ0v) is 13.2. The molecule has 0 aliphatic rings. The van der Waals surface area contributed by atoms with Crippen LogP contribution in [0.25, 0.3) is 5.69 Å². The summed E-state index contributed by atoms with van der Waals surface area (Å²) in [5.41, 5.74) is -0.0545. The second kappa shape index (κ2) is 6.42. The molecular formula is C16H14F3N5O. The minimum atomic E-state index is -4.39. The summed E-state index contributed by atoms with van der Waals surface area (Å²) < 4.78 is 40.8. The Labute approximate surface area is 140 Å². The molecule has 1 aromatic carbocycles. The van der Waals surface area contributed by atoms with Crippen LogP contribution in [-0.4, -0.2) is 25.5 Å². The third kappa shape index (κ3) is 3.70. The van der Waals surface area contributed by atoms with Gasteiger partial charge in [0.25, 0.3) is 5.91 Å². The Kier molecular flexibility index (Phi) is 4.30. The van der Waals surface area contributed by atoms with E-state index in [0.717, 1.165) is 12.1 Å². The van der Waals surface area contributed by atoms with Gasteiger partial charge in [0.05, 0.1) is 23.0 Å². The summed E-state index contributed by atoms with van der Waals surface area (Å²) in [5, 5.41) is 10.8. The molecule has 0 aliphatic heterocycles. The smallest absolute Gasteiger partial charge is 0.305 e. The Morgan fingerprint density at radius 1 is 1.20 bits per heavy atom. The number of anilines is 1. The van der Waals surface area contributed by atoms with Gasteiger partial charge in [0.2, 0.25) is 0 Å². The maximum absolute atomic E-state index is 12.6. The molecule has 0 saturated heterocycles. The molecule has 25 heavy (non-hydrogen) atoms. The molecule has 0 spiro atoms. The molecular weight excluding hydrogens is 335 g/mol. The molecule has 0 aliphatic carbocycles. The summed E-state index contributed by atoms with van der Waals surface area (Å²) in [5.74, 6) is 0.00800. The van der Waals surface area contributed by atoms with Crippen molar-refractivity contribution in [3.05, 3.63) is 60.0 Å². The van der Waals surface area contributed by atoms with Crippen molar-refractivity contribution >= 4 is 11.7 Å². The van der Waals surface area contributed by atoms with Crippen LogP contribution in [0, 0.1) is 0 Å². The normalized spacial score (nSPS) is 11.5. The molecule has 0 saturated carbocycles. The number of alkyl halides is 3. The summed E-state index contributed by atoms with van der Waals surface area (Å²) in [4.78, 5) is 12.2. The maximum atomic E-state index is 12.6. The van der Waals surface area contributed by atoms with Gasteiger partial charge in [0.15, 0.2) is 5.82 Å². The molecule has 2 aromatic heterocycles. The van der Waals surface area contributed by atoms with Crippen molar-refractivity contribution in [3.8, 4) is 5.69 Å². The van der Waals surface area contributed by atoms with Gasteiger partial charge in [-0.25, -0.2) is 4.68 Å². The third-order valence-electron chi connectivity index (χ3n) is 3.51. The topological polar surface area (TPSA) is 64.7 Å². The van der Waals surface area contributed by atoms with Crippen LogP contribution in [-0.2, 0) is 12.7 Å². The molecule has 0 fully saturated rings. The van der Waals surface area contributed by atoms with Crippen LogP contribution < -0.4 is 5.32 Å². The van der Waals surface area contributed by atoms with Gasteiger partial charge in [-0.3, -0.25) is 9.48 Å². The number of carbonyl (C=O) groups is 1. The standard InChI is InChI=1S/C16H14F3N5O/c1-2-23-8-7-14(22-23)21-15(25)11-9-20-24(10-11)13-5-3-12(4-6-13)16(17,18)19/h3-10H,2H2,1H3,(H,21,22,25). The van der Waals surface area contributed by atoms with E-state index in [1.165, 1.54) is 29.2 Å². The van der Waals surface area contributed by atoms with E-state index < -0.39 is 17.6 Å². The van der Waals surface area contributed by atoms with E-state index in [4.69, 9.17) is 0 Å². The molecule has 1 amide bonds. The average molecular weight is 349 g/mol. The van der Waals surface area contributed by atoms with Crippen LogP contribution >= 0.6 is 0 Å². The average Bonchev–Trinajstić information content (AvgIpc) is 3.23. The van der Waals surface area contributed by atoms with Crippen LogP contribution in [0.4, 0.5) is 19.0 Å². The number of aromatic nitrogens is 4.